The fourth-order valence-electron chi connectivity index (χ4n) is 2.70. The molecule has 3 aromatic heterocycles. The van der Waals surface area contributed by atoms with Crippen molar-refractivity contribution in [2.75, 3.05) is 0 Å². The van der Waals surface area contributed by atoms with Gasteiger partial charge >= 0.3 is 0 Å². The SMILES string of the molecule is Cn1nnc(-c2ccc(F)cc2)c1-c1cn(-c2ccc(C(N)=O)cn2)cn1. The van der Waals surface area contributed by atoms with Crippen molar-refractivity contribution in [3.63, 3.8) is 0 Å². The molecule has 1 amide bonds. The minimum absolute atomic E-state index is 0.320. The first-order chi connectivity index (χ1) is 13.0. The van der Waals surface area contributed by atoms with Gasteiger partial charge in [-0.15, -0.1) is 5.10 Å². The summed E-state index contributed by atoms with van der Waals surface area (Å²) in [5.74, 6) is -0.276. The molecule has 0 aliphatic heterocycles. The van der Waals surface area contributed by atoms with E-state index >= 15 is 0 Å². The summed E-state index contributed by atoms with van der Waals surface area (Å²) >= 11 is 0. The van der Waals surface area contributed by atoms with Crippen LogP contribution in [0.1, 0.15) is 10.4 Å². The average Bonchev–Trinajstić information content (AvgIpc) is 3.29. The highest BCUT2D eigenvalue weighted by Crippen LogP contribution is 2.29. The molecule has 0 spiro atoms. The molecule has 0 aliphatic carbocycles. The Morgan fingerprint density at radius 2 is 1.89 bits per heavy atom. The van der Waals surface area contributed by atoms with Crippen molar-refractivity contribution >= 4 is 5.91 Å². The molecule has 0 saturated carbocycles. The van der Waals surface area contributed by atoms with E-state index in [1.807, 2.05) is 0 Å². The van der Waals surface area contributed by atoms with Crippen LogP contribution in [0.5, 0.6) is 0 Å². The molecule has 3 heterocycles. The highest BCUT2D eigenvalue weighted by molar-refractivity contribution is 5.92. The number of nitrogens with zero attached hydrogens (tertiary/aromatic N) is 6. The molecule has 0 fully saturated rings. The number of hydrogen-bond donors (Lipinski definition) is 1. The Labute approximate surface area is 153 Å². The van der Waals surface area contributed by atoms with Gasteiger partial charge in [-0.05, 0) is 36.4 Å². The summed E-state index contributed by atoms with van der Waals surface area (Å²) in [7, 11) is 1.76. The van der Waals surface area contributed by atoms with Crippen LogP contribution in [0.15, 0.2) is 55.1 Å². The Kier molecular flexibility index (Phi) is 3.96. The van der Waals surface area contributed by atoms with Gasteiger partial charge in [0.15, 0.2) is 0 Å². The van der Waals surface area contributed by atoms with Crippen LogP contribution in [-0.2, 0) is 7.05 Å². The Balaban J connectivity index is 1.72. The van der Waals surface area contributed by atoms with Gasteiger partial charge in [0, 0.05) is 25.0 Å². The zero-order valence-electron chi connectivity index (χ0n) is 14.2. The lowest BCUT2D eigenvalue weighted by Crippen LogP contribution is -2.11. The quantitative estimate of drug-likeness (QED) is 0.597. The van der Waals surface area contributed by atoms with Crippen LogP contribution >= 0.6 is 0 Å². The summed E-state index contributed by atoms with van der Waals surface area (Å²) in [5.41, 5.74) is 8.21. The second kappa shape index (κ2) is 6.45. The fourth-order valence-corrected chi connectivity index (χ4v) is 2.70. The largest absolute Gasteiger partial charge is 0.366 e. The van der Waals surface area contributed by atoms with Crippen molar-refractivity contribution in [2.24, 2.45) is 12.8 Å². The maximum atomic E-state index is 13.2. The van der Waals surface area contributed by atoms with E-state index in [9.17, 15) is 9.18 Å². The van der Waals surface area contributed by atoms with Crippen LogP contribution in [0.3, 0.4) is 0 Å². The predicted octanol–water partition coefficient (Wildman–Crippen LogP) is 1.97. The van der Waals surface area contributed by atoms with Crippen LogP contribution in [0, 0.1) is 5.82 Å². The van der Waals surface area contributed by atoms with E-state index in [-0.39, 0.29) is 5.82 Å². The predicted molar refractivity (Wildman–Crippen MR) is 95.3 cm³/mol. The molecule has 134 valence electrons. The molecule has 0 radical (unpaired) electrons. The molecular formula is C18H14FN7O. The molecular weight excluding hydrogens is 349 g/mol. The summed E-state index contributed by atoms with van der Waals surface area (Å²) in [5, 5.41) is 8.24. The number of pyridine rings is 1. The van der Waals surface area contributed by atoms with Gasteiger partial charge in [-0.3, -0.25) is 9.36 Å². The van der Waals surface area contributed by atoms with E-state index in [4.69, 9.17) is 5.73 Å². The number of imidazole rings is 1. The second-order valence-corrected chi connectivity index (χ2v) is 5.85. The third-order valence-electron chi connectivity index (χ3n) is 4.07. The van der Waals surface area contributed by atoms with E-state index in [0.29, 0.717) is 28.5 Å². The van der Waals surface area contributed by atoms with E-state index in [2.05, 4.69) is 20.3 Å². The Morgan fingerprint density at radius 1 is 1.11 bits per heavy atom. The van der Waals surface area contributed by atoms with Crippen LogP contribution < -0.4 is 5.73 Å². The Hall–Kier alpha value is -3.88. The number of halogens is 1. The zero-order chi connectivity index (χ0) is 19.0. The molecule has 0 atom stereocenters. The minimum atomic E-state index is -0.537. The number of aromatic nitrogens is 6. The fraction of sp³-hybridized carbons (Fsp3) is 0.0556. The lowest BCUT2D eigenvalue weighted by atomic mass is 10.1. The number of primary amides is 1. The molecule has 9 heteroatoms. The molecule has 4 rings (SSSR count). The molecule has 0 aliphatic rings. The molecule has 8 nitrogen and oxygen atoms in total. The van der Waals surface area contributed by atoms with E-state index in [0.717, 1.165) is 5.56 Å². The molecule has 0 unspecified atom stereocenters. The summed E-state index contributed by atoms with van der Waals surface area (Å²) < 4.78 is 16.5. The number of amides is 1. The number of rotatable bonds is 4. The van der Waals surface area contributed by atoms with Crippen molar-refractivity contribution in [3.05, 3.63) is 66.5 Å². The summed E-state index contributed by atoms with van der Waals surface area (Å²) in [6.07, 6.45) is 4.79. The molecule has 4 aromatic rings. The molecule has 2 N–H and O–H groups in total. The summed E-state index contributed by atoms with van der Waals surface area (Å²) in [6, 6.07) is 9.30. The number of carbonyl (C=O) groups excluding carboxylic acids is 1. The normalized spacial score (nSPS) is 10.9. The van der Waals surface area contributed by atoms with Gasteiger partial charge in [0.2, 0.25) is 5.91 Å². The maximum absolute atomic E-state index is 13.2. The summed E-state index contributed by atoms with van der Waals surface area (Å²) in [4.78, 5) is 19.8. The topological polar surface area (TPSA) is 105 Å². The highest BCUT2D eigenvalue weighted by atomic mass is 19.1. The van der Waals surface area contributed by atoms with Gasteiger partial charge < -0.3 is 5.73 Å². The Morgan fingerprint density at radius 3 is 2.56 bits per heavy atom. The van der Waals surface area contributed by atoms with Gasteiger partial charge in [-0.1, -0.05) is 5.21 Å². The van der Waals surface area contributed by atoms with Gasteiger partial charge in [0.05, 0.1) is 5.56 Å². The van der Waals surface area contributed by atoms with Crippen molar-refractivity contribution in [3.8, 4) is 28.5 Å². The monoisotopic (exact) mass is 363 g/mol. The van der Waals surface area contributed by atoms with E-state index < -0.39 is 5.91 Å². The Bertz CT molecular complexity index is 1110. The molecule has 1 aromatic carbocycles. The zero-order valence-corrected chi connectivity index (χ0v) is 14.2. The first-order valence-electron chi connectivity index (χ1n) is 7.99. The third kappa shape index (κ3) is 3.06. The lowest BCUT2D eigenvalue weighted by Gasteiger charge is -2.03. The van der Waals surface area contributed by atoms with Gasteiger partial charge in [-0.25, -0.2) is 19.0 Å². The van der Waals surface area contributed by atoms with Gasteiger partial charge in [0.1, 0.15) is 35.0 Å². The number of nitrogens with two attached hydrogens (primary N) is 1. The third-order valence-corrected chi connectivity index (χ3v) is 4.07. The van der Waals surface area contributed by atoms with Crippen molar-refractivity contribution in [1.82, 2.24) is 29.5 Å². The molecule has 0 bridgehead atoms. The smallest absolute Gasteiger partial charge is 0.250 e. The first kappa shape index (κ1) is 16.6. The molecule has 0 saturated heterocycles. The lowest BCUT2D eigenvalue weighted by molar-refractivity contribution is 0.1000. The number of benzene rings is 1. The molecule has 27 heavy (non-hydrogen) atoms. The average molecular weight is 363 g/mol. The summed E-state index contributed by atoms with van der Waals surface area (Å²) in [6.45, 7) is 0. The number of hydrogen-bond acceptors (Lipinski definition) is 5. The van der Waals surface area contributed by atoms with Crippen molar-refractivity contribution in [2.45, 2.75) is 0 Å². The standard InChI is InChI=1S/C18H14FN7O/c1-25-17(16(23-24-25)11-2-5-13(19)6-3-11)14-9-26(10-22-14)15-7-4-12(8-21-15)18(20)27/h2-10H,1H3,(H2,20,27). The van der Waals surface area contributed by atoms with E-state index in [1.165, 1.54) is 18.3 Å². The van der Waals surface area contributed by atoms with Gasteiger partial charge in [-0.2, -0.15) is 0 Å². The van der Waals surface area contributed by atoms with Crippen molar-refractivity contribution in [1.29, 1.82) is 0 Å². The van der Waals surface area contributed by atoms with E-state index in [1.54, 1.807) is 53.1 Å². The maximum Gasteiger partial charge on any atom is 0.250 e. The van der Waals surface area contributed by atoms with Crippen LogP contribution in [0.25, 0.3) is 28.5 Å². The first-order valence-corrected chi connectivity index (χ1v) is 7.99. The second-order valence-electron chi connectivity index (χ2n) is 5.85. The number of carbonyl (C=O) groups is 1. The minimum Gasteiger partial charge on any atom is -0.366 e. The highest BCUT2D eigenvalue weighted by Gasteiger charge is 2.17. The van der Waals surface area contributed by atoms with Crippen molar-refractivity contribution < 1.29 is 9.18 Å². The van der Waals surface area contributed by atoms with Crippen LogP contribution in [0.4, 0.5) is 4.39 Å². The van der Waals surface area contributed by atoms with Crippen LogP contribution in [0.2, 0.25) is 0 Å². The van der Waals surface area contributed by atoms with Gasteiger partial charge in [0.25, 0.3) is 0 Å². The number of aryl methyl sites for hydroxylation is 1. The van der Waals surface area contributed by atoms with Crippen LogP contribution in [-0.4, -0.2) is 35.4 Å².